The van der Waals surface area contributed by atoms with Crippen LogP contribution in [0.15, 0.2) is 54.6 Å². The number of benzene rings is 2. The van der Waals surface area contributed by atoms with Crippen LogP contribution in [0.3, 0.4) is 0 Å². The number of ether oxygens (including phenoxy) is 1. The summed E-state index contributed by atoms with van der Waals surface area (Å²) in [6.45, 7) is 10.1. The summed E-state index contributed by atoms with van der Waals surface area (Å²) in [6, 6.07) is 17.2. The first-order valence-electron chi connectivity index (χ1n) is 11.6. The Balaban J connectivity index is 1.68. The molecular weight excluding hydrogens is 414 g/mol. The van der Waals surface area contributed by atoms with Crippen LogP contribution < -0.4 is 0 Å². The minimum absolute atomic E-state index is 0.0618. The molecule has 0 radical (unpaired) electrons. The van der Waals surface area contributed by atoms with Gasteiger partial charge in [-0.1, -0.05) is 38.1 Å². The van der Waals surface area contributed by atoms with E-state index in [2.05, 4.69) is 18.9 Å². The summed E-state index contributed by atoms with van der Waals surface area (Å²) in [6.07, 6.45) is 1.16. The first-order chi connectivity index (χ1) is 15.9. The Bertz CT molecular complexity index is 1140. The summed E-state index contributed by atoms with van der Waals surface area (Å²) in [7, 11) is 0. The first-order valence-corrected chi connectivity index (χ1v) is 11.6. The number of likely N-dealkylation sites (tertiary alicyclic amines) is 1. The summed E-state index contributed by atoms with van der Waals surface area (Å²) in [4.78, 5) is 27.4. The number of aromatic nitrogens is 2. The van der Waals surface area contributed by atoms with Gasteiger partial charge in [0.1, 0.15) is 0 Å². The normalized spacial score (nSPS) is 18.2. The van der Waals surface area contributed by atoms with Crippen molar-refractivity contribution in [3.63, 3.8) is 0 Å². The number of piperidine rings is 1. The van der Waals surface area contributed by atoms with Crippen LogP contribution in [0.1, 0.15) is 53.6 Å². The highest BCUT2D eigenvalue weighted by molar-refractivity contribution is 5.94. The molecule has 0 N–H and O–H groups in total. The quantitative estimate of drug-likeness (QED) is 0.510. The fourth-order valence-electron chi connectivity index (χ4n) is 4.69. The zero-order valence-corrected chi connectivity index (χ0v) is 19.7. The average Bonchev–Trinajstić information content (AvgIpc) is 3.24. The molecule has 1 aromatic heterocycles. The van der Waals surface area contributed by atoms with Crippen LogP contribution in [-0.2, 0) is 4.74 Å². The van der Waals surface area contributed by atoms with Crippen LogP contribution in [0.4, 0.5) is 0 Å². The highest BCUT2D eigenvalue weighted by Gasteiger charge is 2.26. The van der Waals surface area contributed by atoms with Crippen molar-refractivity contribution in [3.8, 4) is 16.9 Å². The van der Waals surface area contributed by atoms with Crippen molar-refractivity contribution < 1.29 is 14.3 Å². The SMILES string of the molecule is CCOC(=O)c1cc(-c2ccccc2C)n(-c2ccc(C(=O)N3C[C@H](C)C[C@H](C)C3)cc2)n1. The summed E-state index contributed by atoms with van der Waals surface area (Å²) < 4.78 is 6.91. The number of aryl methyl sites for hydroxylation is 1. The topological polar surface area (TPSA) is 64.4 Å². The fraction of sp³-hybridized carbons (Fsp3) is 0.370. The minimum Gasteiger partial charge on any atom is -0.461 e. The third-order valence-corrected chi connectivity index (χ3v) is 6.13. The number of nitrogens with zero attached hydrogens (tertiary/aromatic N) is 3. The molecule has 0 bridgehead atoms. The Labute approximate surface area is 195 Å². The zero-order valence-electron chi connectivity index (χ0n) is 19.7. The van der Waals surface area contributed by atoms with Crippen LogP contribution in [0.2, 0.25) is 0 Å². The Morgan fingerprint density at radius 2 is 1.70 bits per heavy atom. The molecule has 0 unspecified atom stereocenters. The first kappa shape index (κ1) is 22.8. The Morgan fingerprint density at radius 3 is 2.33 bits per heavy atom. The second-order valence-corrected chi connectivity index (χ2v) is 9.07. The second kappa shape index (κ2) is 9.61. The Kier molecular flexibility index (Phi) is 6.63. The van der Waals surface area contributed by atoms with Crippen molar-refractivity contribution >= 4 is 11.9 Å². The molecule has 1 amide bonds. The predicted octanol–water partition coefficient (Wildman–Crippen LogP) is 5.14. The average molecular weight is 446 g/mol. The lowest BCUT2D eigenvalue weighted by molar-refractivity contribution is 0.0518. The lowest BCUT2D eigenvalue weighted by Crippen LogP contribution is -2.42. The van der Waals surface area contributed by atoms with Crippen molar-refractivity contribution in [1.29, 1.82) is 0 Å². The number of hydrogen-bond acceptors (Lipinski definition) is 4. The van der Waals surface area contributed by atoms with Crippen molar-refractivity contribution in [2.45, 2.75) is 34.1 Å². The van der Waals surface area contributed by atoms with E-state index in [1.165, 1.54) is 0 Å². The molecule has 2 heterocycles. The van der Waals surface area contributed by atoms with Crippen molar-refractivity contribution in [3.05, 3.63) is 71.4 Å². The van der Waals surface area contributed by atoms with E-state index in [0.717, 1.165) is 42.0 Å². The predicted molar refractivity (Wildman–Crippen MR) is 129 cm³/mol. The number of esters is 1. The van der Waals surface area contributed by atoms with E-state index in [9.17, 15) is 9.59 Å². The molecule has 2 aromatic carbocycles. The molecule has 0 aliphatic carbocycles. The molecule has 1 saturated heterocycles. The molecule has 6 nitrogen and oxygen atoms in total. The van der Waals surface area contributed by atoms with Gasteiger partial charge >= 0.3 is 5.97 Å². The van der Waals surface area contributed by atoms with Crippen LogP contribution in [0, 0.1) is 18.8 Å². The van der Waals surface area contributed by atoms with E-state index in [0.29, 0.717) is 17.4 Å². The highest BCUT2D eigenvalue weighted by Crippen LogP contribution is 2.28. The van der Waals surface area contributed by atoms with Crippen LogP contribution in [0.25, 0.3) is 16.9 Å². The van der Waals surface area contributed by atoms with Gasteiger partial charge in [-0.05, 0) is 68.0 Å². The molecule has 0 spiro atoms. The van der Waals surface area contributed by atoms with E-state index in [-0.39, 0.29) is 18.2 Å². The molecule has 172 valence electrons. The molecule has 1 fully saturated rings. The van der Waals surface area contributed by atoms with Gasteiger partial charge in [-0.3, -0.25) is 4.79 Å². The zero-order chi connectivity index (χ0) is 23.5. The van der Waals surface area contributed by atoms with E-state index in [1.54, 1.807) is 17.7 Å². The standard InChI is InChI=1S/C27H31N3O3/c1-5-33-27(32)24-15-25(23-9-7-6-8-20(23)4)30(28-24)22-12-10-21(11-13-22)26(31)29-16-18(2)14-19(3)17-29/h6-13,15,18-19H,5,14,16-17H2,1-4H3/t18-,19+. The second-order valence-electron chi connectivity index (χ2n) is 9.07. The van der Waals surface area contributed by atoms with E-state index < -0.39 is 5.97 Å². The summed E-state index contributed by atoms with van der Waals surface area (Å²) in [5.41, 5.74) is 4.56. The van der Waals surface area contributed by atoms with Gasteiger partial charge in [0.05, 0.1) is 18.0 Å². The van der Waals surface area contributed by atoms with Crippen molar-refractivity contribution in [2.24, 2.45) is 11.8 Å². The molecule has 6 heteroatoms. The van der Waals surface area contributed by atoms with Crippen LogP contribution in [-0.4, -0.2) is 46.3 Å². The molecule has 3 aromatic rings. The Hall–Kier alpha value is -3.41. The number of amides is 1. The smallest absolute Gasteiger partial charge is 0.358 e. The van der Waals surface area contributed by atoms with Gasteiger partial charge in [0.25, 0.3) is 5.91 Å². The molecule has 1 aliphatic rings. The van der Waals surface area contributed by atoms with Crippen LogP contribution >= 0.6 is 0 Å². The fourth-order valence-corrected chi connectivity index (χ4v) is 4.69. The van der Waals surface area contributed by atoms with Gasteiger partial charge in [-0.25, -0.2) is 9.48 Å². The lowest BCUT2D eigenvalue weighted by atomic mass is 9.91. The lowest BCUT2D eigenvalue weighted by Gasteiger charge is -2.35. The maximum atomic E-state index is 13.1. The van der Waals surface area contributed by atoms with Gasteiger partial charge in [-0.2, -0.15) is 5.10 Å². The summed E-state index contributed by atoms with van der Waals surface area (Å²) in [5.74, 6) is 0.635. The minimum atomic E-state index is -0.453. The summed E-state index contributed by atoms with van der Waals surface area (Å²) in [5, 5.41) is 4.55. The van der Waals surface area contributed by atoms with Crippen LogP contribution in [0.5, 0.6) is 0 Å². The van der Waals surface area contributed by atoms with Gasteiger partial charge in [0.2, 0.25) is 0 Å². The third kappa shape index (κ3) is 4.85. The molecule has 0 saturated carbocycles. The van der Waals surface area contributed by atoms with Gasteiger partial charge in [0.15, 0.2) is 5.69 Å². The maximum absolute atomic E-state index is 13.1. The number of hydrogen-bond donors (Lipinski definition) is 0. The molecule has 2 atom stereocenters. The number of rotatable bonds is 5. The van der Waals surface area contributed by atoms with E-state index in [1.807, 2.05) is 60.4 Å². The Morgan fingerprint density at radius 1 is 1.03 bits per heavy atom. The molecule has 4 rings (SSSR count). The number of carbonyl (C=O) groups is 2. The molecular formula is C27H31N3O3. The van der Waals surface area contributed by atoms with Crippen molar-refractivity contribution in [1.82, 2.24) is 14.7 Å². The van der Waals surface area contributed by atoms with E-state index >= 15 is 0 Å². The number of carbonyl (C=O) groups excluding carboxylic acids is 2. The molecule has 33 heavy (non-hydrogen) atoms. The van der Waals surface area contributed by atoms with Gasteiger partial charge in [-0.15, -0.1) is 0 Å². The van der Waals surface area contributed by atoms with E-state index in [4.69, 9.17) is 4.74 Å². The third-order valence-electron chi connectivity index (χ3n) is 6.13. The maximum Gasteiger partial charge on any atom is 0.358 e. The molecule has 1 aliphatic heterocycles. The monoisotopic (exact) mass is 445 g/mol. The van der Waals surface area contributed by atoms with Gasteiger partial charge in [0, 0.05) is 24.2 Å². The van der Waals surface area contributed by atoms with Crippen molar-refractivity contribution in [2.75, 3.05) is 19.7 Å². The summed E-state index contributed by atoms with van der Waals surface area (Å²) >= 11 is 0. The largest absolute Gasteiger partial charge is 0.461 e. The highest BCUT2D eigenvalue weighted by atomic mass is 16.5. The van der Waals surface area contributed by atoms with Gasteiger partial charge < -0.3 is 9.64 Å².